The van der Waals surface area contributed by atoms with Crippen molar-refractivity contribution >= 4 is 18.0 Å². The molecule has 2 aromatic rings. The minimum atomic E-state index is -0.450. The van der Waals surface area contributed by atoms with Crippen molar-refractivity contribution in [2.24, 2.45) is 0 Å². The number of ether oxygens (including phenoxy) is 5. The number of ketones is 1. The third kappa shape index (κ3) is 3.38. The van der Waals surface area contributed by atoms with Gasteiger partial charge in [0.25, 0.3) is 0 Å². The molecule has 0 radical (unpaired) electrons. The first-order valence-corrected chi connectivity index (χ1v) is 9.20. The number of carbonyl (C=O) groups is 2. The fourth-order valence-corrected chi connectivity index (χ4v) is 3.30. The van der Waals surface area contributed by atoms with E-state index in [1.54, 1.807) is 41.3 Å². The number of Topliss-reactive ketones (excluding diaryl/α,β-unsaturated/α-hetero) is 1. The third-order valence-corrected chi connectivity index (χ3v) is 4.81. The molecule has 0 spiro atoms. The molecule has 3 aliphatic heterocycles. The van der Waals surface area contributed by atoms with Gasteiger partial charge in [0.2, 0.25) is 12.6 Å². The van der Waals surface area contributed by atoms with E-state index < -0.39 is 6.09 Å². The fourth-order valence-electron chi connectivity index (χ4n) is 3.30. The van der Waals surface area contributed by atoms with Crippen LogP contribution in [0.4, 0.5) is 4.79 Å². The zero-order valence-corrected chi connectivity index (χ0v) is 15.4. The van der Waals surface area contributed by atoms with E-state index in [4.69, 9.17) is 23.7 Å². The second kappa shape index (κ2) is 7.14. The maximum absolute atomic E-state index is 12.6. The molecule has 2 aromatic carbocycles. The molecule has 0 aromatic heterocycles. The van der Waals surface area contributed by atoms with Crippen LogP contribution in [-0.4, -0.2) is 49.9 Å². The van der Waals surface area contributed by atoms with Crippen molar-refractivity contribution in [2.75, 3.05) is 33.1 Å². The van der Waals surface area contributed by atoms with Crippen molar-refractivity contribution in [3.8, 4) is 23.0 Å². The molecule has 0 atom stereocenters. The van der Waals surface area contributed by atoms with Crippen molar-refractivity contribution in [3.05, 3.63) is 53.3 Å². The number of rotatable bonds is 2. The predicted molar refractivity (Wildman–Crippen MR) is 100 cm³/mol. The normalized spacial score (nSPS) is 18.6. The summed E-state index contributed by atoms with van der Waals surface area (Å²) in [7, 11) is 0. The number of allylic oxidation sites excluding steroid dienone is 1. The highest BCUT2D eigenvalue weighted by Crippen LogP contribution is 2.37. The number of carbonyl (C=O) groups excluding carboxylic acids is 2. The van der Waals surface area contributed by atoms with Crippen LogP contribution in [0.2, 0.25) is 0 Å². The summed E-state index contributed by atoms with van der Waals surface area (Å²) in [6.45, 7) is 2.14. The van der Waals surface area contributed by atoms with Crippen molar-refractivity contribution in [1.29, 1.82) is 0 Å². The zero-order valence-electron chi connectivity index (χ0n) is 15.4. The van der Waals surface area contributed by atoms with Crippen LogP contribution < -0.4 is 18.9 Å². The lowest BCUT2D eigenvalue weighted by molar-refractivity contribution is 0.0416. The van der Waals surface area contributed by atoms with Gasteiger partial charge in [-0.15, -0.1) is 0 Å². The lowest BCUT2D eigenvalue weighted by Crippen LogP contribution is -2.42. The maximum atomic E-state index is 12.6. The van der Waals surface area contributed by atoms with E-state index in [-0.39, 0.29) is 18.3 Å². The van der Waals surface area contributed by atoms with Gasteiger partial charge < -0.3 is 28.6 Å². The van der Waals surface area contributed by atoms with Crippen LogP contribution in [0.15, 0.2) is 42.2 Å². The number of morpholine rings is 1. The van der Waals surface area contributed by atoms with Gasteiger partial charge >= 0.3 is 6.09 Å². The monoisotopic (exact) mass is 395 g/mol. The highest BCUT2D eigenvalue weighted by atomic mass is 16.7. The molecule has 29 heavy (non-hydrogen) atoms. The zero-order chi connectivity index (χ0) is 19.8. The molecule has 0 aliphatic carbocycles. The summed E-state index contributed by atoms with van der Waals surface area (Å²) < 4.78 is 27.0. The van der Waals surface area contributed by atoms with Crippen LogP contribution in [0.3, 0.4) is 0 Å². The molecule has 0 N–H and O–H groups in total. The van der Waals surface area contributed by atoms with Crippen molar-refractivity contribution < 1.29 is 33.3 Å². The van der Waals surface area contributed by atoms with E-state index in [0.717, 1.165) is 5.56 Å². The van der Waals surface area contributed by atoms with E-state index in [0.29, 0.717) is 54.9 Å². The summed E-state index contributed by atoms with van der Waals surface area (Å²) in [5, 5.41) is 0. The molecule has 8 nitrogen and oxygen atoms in total. The standard InChI is InChI=1S/C21H17NO7/c23-20-15-3-2-14(28-21(24)22-5-7-25-8-6-22)11-17(15)29-19(20)10-13-1-4-16-18(9-13)27-12-26-16/h1-4,9-11H,5-8,12H2. The Labute approximate surface area is 166 Å². The average molecular weight is 395 g/mol. The van der Waals surface area contributed by atoms with Crippen LogP contribution in [0.25, 0.3) is 6.08 Å². The minimum absolute atomic E-state index is 0.183. The molecule has 1 amide bonds. The van der Waals surface area contributed by atoms with Gasteiger partial charge in [0.15, 0.2) is 17.3 Å². The van der Waals surface area contributed by atoms with Crippen LogP contribution >= 0.6 is 0 Å². The second-order valence-corrected chi connectivity index (χ2v) is 6.68. The molecule has 0 saturated carbocycles. The smallest absolute Gasteiger partial charge is 0.415 e. The SMILES string of the molecule is O=C1C(=Cc2ccc3c(c2)OCO3)Oc2cc(OC(=O)N3CCOCC3)ccc21. The Balaban J connectivity index is 1.33. The largest absolute Gasteiger partial charge is 0.454 e. The molecule has 148 valence electrons. The van der Waals surface area contributed by atoms with Crippen molar-refractivity contribution in [3.63, 3.8) is 0 Å². The Kier molecular flexibility index (Phi) is 4.33. The van der Waals surface area contributed by atoms with Gasteiger partial charge in [0.1, 0.15) is 11.5 Å². The molecule has 3 aliphatic rings. The fraction of sp³-hybridized carbons (Fsp3) is 0.238. The number of hydrogen-bond donors (Lipinski definition) is 0. The topological polar surface area (TPSA) is 83.5 Å². The summed E-state index contributed by atoms with van der Waals surface area (Å²) in [5.74, 6) is 1.92. The maximum Gasteiger partial charge on any atom is 0.415 e. The predicted octanol–water partition coefficient (Wildman–Crippen LogP) is 2.86. The van der Waals surface area contributed by atoms with Crippen LogP contribution in [0.5, 0.6) is 23.0 Å². The van der Waals surface area contributed by atoms with E-state index >= 15 is 0 Å². The Morgan fingerprint density at radius 1 is 1.00 bits per heavy atom. The molecule has 1 saturated heterocycles. The molecule has 8 heteroatoms. The molecule has 0 bridgehead atoms. The van der Waals surface area contributed by atoms with Gasteiger partial charge in [-0.1, -0.05) is 6.07 Å². The van der Waals surface area contributed by atoms with Gasteiger partial charge in [-0.2, -0.15) is 0 Å². The quantitative estimate of drug-likeness (QED) is 0.723. The second-order valence-electron chi connectivity index (χ2n) is 6.68. The van der Waals surface area contributed by atoms with Gasteiger partial charge in [-0.3, -0.25) is 4.79 Å². The van der Waals surface area contributed by atoms with Gasteiger partial charge in [-0.25, -0.2) is 4.79 Å². The Hall–Kier alpha value is -3.52. The summed E-state index contributed by atoms with van der Waals surface area (Å²) in [4.78, 5) is 26.5. The van der Waals surface area contributed by atoms with Crippen LogP contribution in [0, 0.1) is 0 Å². The first kappa shape index (κ1) is 17.6. The van der Waals surface area contributed by atoms with Gasteiger partial charge in [0, 0.05) is 19.2 Å². The van der Waals surface area contributed by atoms with Gasteiger partial charge in [-0.05, 0) is 35.9 Å². The molecule has 5 rings (SSSR count). The lowest BCUT2D eigenvalue weighted by atomic mass is 10.1. The number of hydrogen-bond acceptors (Lipinski definition) is 7. The molecule has 0 unspecified atom stereocenters. The van der Waals surface area contributed by atoms with Gasteiger partial charge in [0.05, 0.1) is 18.8 Å². The number of fused-ring (bicyclic) bond motifs is 2. The molecular formula is C21H17NO7. The summed E-state index contributed by atoms with van der Waals surface area (Å²) >= 11 is 0. The summed E-state index contributed by atoms with van der Waals surface area (Å²) in [6, 6.07) is 10.1. The molecule has 1 fully saturated rings. The first-order chi connectivity index (χ1) is 14.2. The van der Waals surface area contributed by atoms with E-state index in [2.05, 4.69) is 0 Å². The highest BCUT2D eigenvalue weighted by molar-refractivity contribution is 6.14. The Morgan fingerprint density at radius 3 is 2.69 bits per heavy atom. The van der Waals surface area contributed by atoms with E-state index in [9.17, 15) is 9.59 Å². The van der Waals surface area contributed by atoms with Crippen LogP contribution in [-0.2, 0) is 4.74 Å². The highest BCUT2D eigenvalue weighted by Gasteiger charge is 2.29. The van der Waals surface area contributed by atoms with E-state index in [1.165, 1.54) is 0 Å². The Morgan fingerprint density at radius 2 is 1.83 bits per heavy atom. The van der Waals surface area contributed by atoms with Crippen molar-refractivity contribution in [1.82, 2.24) is 4.90 Å². The number of amides is 1. The first-order valence-electron chi connectivity index (χ1n) is 9.20. The summed E-state index contributed by atoms with van der Waals surface area (Å²) in [5.41, 5.74) is 1.17. The van der Waals surface area contributed by atoms with Crippen LogP contribution in [0.1, 0.15) is 15.9 Å². The number of nitrogens with zero attached hydrogens (tertiary/aromatic N) is 1. The number of benzene rings is 2. The summed E-state index contributed by atoms with van der Waals surface area (Å²) in [6.07, 6.45) is 1.19. The third-order valence-electron chi connectivity index (χ3n) is 4.81. The molecular weight excluding hydrogens is 378 g/mol. The minimum Gasteiger partial charge on any atom is -0.454 e. The van der Waals surface area contributed by atoms with Crippen molar-refractivity contribution in [2.45, 2.75) is 0 Å². The van der Waals surface area contributed by atoms with E-state index in [1.807, 2.05) is 6.07 Å². The average Bonchev–Trinajstić information content (AvgIpc) is 3.33. The Bertz CT molecular complexity index is 1020. The molecule has 3 heterocycles. The lowest BCUT2D eigenvalue weighted by Gasteiger charge is -2.25.